The van der Waals surface area contributed by atoms with Crippen LogP contribution < -0.4 is 10.6 Å². The number of halogens is 1. The van der Waals surface area contributed by atoms with Crippen molar-refractivity contribution in [3.05, 3.63) is 29.6 Å². The first-order valence-electron chi connectivity index (χ1n) is 6.60. The maximum Gasteiger partial charge on any atom is 0.128 e. The van der Waals surface area contributed by atoms with Crippen LogP contribution in [0.2, 0.25) is 0 Å². The van der Waals surface area contributed by atoms with Crippen molar-refractivity contribution in [2.45, 2.75) is 25.9 Å². The van der Waals surface area contributed by atoms with E-state index in [1.54, 1.807) is 6.07 Å². The molecule has 2 rings (SSSR count). The predicted molar refractivity (Wildman–Crippen MR) is 71.4 cm³/mol. The molecule has 1 aromatic rings. The van der Waals surface area contributed by atoms with E-state index in [4.69, 9.17) is 10.5 Å². The molecule has 1 aromatic carbocycles. The van der Waals surface area contributed by atoms with E-state index in [0.717, 1.165) is 30.8 Å². The van der Waals surface area contributed by atoms with Gasteiger partial charge in [-0.15, -0.1) is 0 Å². The Hall–Kier alpha value is -1.13. The molecule has 0 aromatic heterocycles. The average Bonchev–Trinajstić information content (AvgIpc) is 2.41. The number of morpholine rings is 1. The van der Waals surface area contributed by atoms with Gasteiger partial charge in [0.25, 0.3) is 0 Å². The van der Waals surface area contributed by atoms with Crippen molar-refractivity contribution in [3.8, 4) is 0 Å². The molecule has 1 heterocycles. The molecule has 0 radical (unpaired) electrons. The smallest absolute Gasteiger partial charge is 0.128 e. The second kappa shape index (κ2) is 6.16. The zero-order chi connectivity index (χ0) is 13.0. The Bertz CT molecular complexity index is 397. The predicted octanol–water partition coefficient (Wildman–Crippen LogP) is 1.94. The van der Waals surface area contributed by atoms with E-state index >= 15 is 0 Å². The summed E-state index contributed by atoms with van der Waals surface area (Å²) < 4.78 is 19.5. The van der Waals surface area contributed by atoms with Gasteiger partial charge >= 0.3 is 0 Å². The molecular formula is C14H21FN2O. The van der Waals surface area contributed by atoms with Gasteiger partial charge < -0.3 is 15.4 Å². The maximum absolute atomic E-state index is 13.9. The molecule has 2 N–H and O–H groups in total. The summed E-state index contributed by atoms with van der Waals surface area (Å²) in [4.78, 5) is 2.21. The fourth-order valence-corrected chi connectivity index (χ4v) is 2.42. The average molecular weight is 252 g/mol. The first-order chi connectivity index (χ1) is 8.76. The summed E-state index contributed by atoms with van der Waals surface area (Å²) >= 11 is 0. The van der Waals surface area contributed by atoms with Gasteiger partial charge in [0.1, 0.15) is 5.82 Å². The SMILES string of the molecule is CCC1CN(c2cccc(F)c2CCN)CCO1. The van der Waals surface area contributed by atoms with Gasteiger partial charge in [0.2, 0.25) is 0 Å². The quantitative estimate of drug-likeness (QED) is 0.890. The van der Waals surface area contributed by atoms with Gasteiger partial charge in [-0.25, -0.2) is 4.39 Å². The Labute approximate surface area is 108 Å². The summed E-state index contributed by atoms with van der Waals surface area (Å²) in [5.74, 6) is -0.155. The van der Waals surface area contributed by atoms with E-state index in [2.05, 4.69) is 11.8 Å². The summed E-state index contributed by atoms with van der Waals surface area (Å²) in [5.41, 5.74) is 7.28. The minimum Gasteiger partial charge on any atom is -0.375 e. The monoisotopic (exact) mass is 252 g/mol. The molecule has 3 nitrogen and oxygen atoms in total. The van der Waals surface area contributed by atoms with Crippen LogP contribution in [-0.2, 0) is 11.2 Å². The highest BCUT2D eigenvalue weighted by atomic mass is 19.1. The maximum atomic E-state index is 13.9. The van der Waals surface area contributed by atoms with Crippen LogP contribution >= 0.6 is 0 Å². The van der Waals surface area contributed by atoms with E-state index in [0.29, 0.717) is 19.6 Å². The topological polar surface area (TPSA) is 38.5 Å². The third-order valence-electron chi connectivity index (χ3n) is 3.42. The minimum atomic E-state index is -0.155. The van der Waals surface area contributed by atoms with Crippen LogP contribution in [0.25, 0.3) is 0 Å². The fraction of sp³-hybridized carbons (Fsp3) is 0.571. The van der Waals surface area contributed by atoms with Crippen LogP contribution in [0, 0.1) is 5.82 Å². The molecule has 0 saturated carbocycles. The first kappa shape index (κ1) is 13.3. The van der Waals surface area contributed by atoms with Gasteiger partial charge in [0.05, 0.1) is 12.7 Å². The number of hydrogen-bond acceptors (Lipinski definition) is 3. The van der Waals surface area contributed by atoms with Crippen LogP contribution in [0.5, 0.6) is 0 Å². The molecule has 1 unspecified atom stereocenters. The van der Waals surface area contributed by atoms with Gasteiger partial charge in [-0.05, 0) is 31.5 Å². The molecule has 1 atom stereocenters. The van der Waals surface area contributed by atoms with Gasteiger partial charge in [-0.1, -0.05) is 13.0 Å². The van der Waals surface area contributed by atoms with Crippen molar-refractivity contribution in [3.63, 3.8) is 0 Å². The molecule has 18 heavy (non-hydrogen) atoms. The van der Waals surface area contributed by atoms with E-state index in [1.807, 2.05) is 6.07 Å². The lowest BCUT2D eigenvalue weighted by molar-refractivity contribution is 0.0383. The van der Waals surface area contributed by atoms with Crippen LogP contribution in [0.3, 0.4) is 0 Å². The summed E-state index contributed by atoms with van der Waals surface area (Å²) in [7, 11) is 0. The molecule has 0 aliphatic carbocycles. The summed E-state index contributed by atoms with van der Waals surface area (Å²) in [6, 6.07) is 5.25. The molecule has 0 bridgehead atoms. The third-order valence-corrected chi connectivity index (χ3v) is 3.42. The van der Waals surface area contributed by atoms with Crippen LogP contribution in [0.4, 0.5) is 10.1 Å². The lowest BCUT2D eigenvalue weighted by Crippen LogP contribution is -2.42. The Morgan fingerprint density at radius 1 is 1.50 bits per heavy atom. The summed E-state index contributed by atoms with van der Waals surface area (Å²) in [6.45, 7) is 4.93. The molecule has 100 valence electrons. The molecule has 0 spiro atoms. The molecule has 1 saturated heterocycles. The minimum absolute atomic E-state index is 0.155. The molecule has 0 amide bonds. The fourth-order valence-electron chi connectivity index (χ4n) is 2.42. The number of hydrogen-bond donors (Lipinski definition) is 1. The van der Waals surface area contributed by atoms with Crippen molar-refractivity contribution in [1.29, 1.82) is 0 Å². The Morgan fingerprint density at radius 2 is 2.33 bits per heavy atom. The zero-order valence-electron chi connectivity index (χ0n) is 10.9. The molecule has 1 aliphatic rings. The highest BCUT2D eigenvalue weighted by Crippen LogP contribution is 2.25. The normalized spacial score (nSPS) is 20.2. The summed E-state index contributed by atoms with van der Waals surface area (Å²) in [5, 5.41) is 0. The Morgan fingerprint density at radius 3 is 3.06 bits per heavy atom. The standard InChI is InChI=1S/C14H21FN2O/c1-2-11-10-17(8-9-18-11)14-5-3-4-13(15)12(14)6-7-16/h3-5,11H,2,6-10,16H2,1H3. The van der Waals surface area contributed by atoms with Crippen LogP contribution in [0.15, 0.2) is 18.2 Å². The van der Waals surface area contributed by atoms with Gasteiger partial charge in [0, 0.05) is 24.3 Å². The highest BCUT2D eigenvalue weighted by molar-refractivity contribution is 5.54. The van der Waals surface area contributed by atoms with E-state index in [-0.39, 0.29) is 11.9 Å². The van der Waals surface area contributed by atoms with Gasteiger partial charge in [-0.2, -0.15) is 0 Å². The van der Waals surface area contributed by atoms with Crippen LogP contribution in [-0.4, -0.2) is 32.3 Å². The van der Waals surface area contributed by atoms with E-state index in [9.17, 15) is 4.39 Å². The number of anilines is 1. The van der Waals surface area contributed by atoms with Crippen molar-refractivity contribution < 1.29 is 9.13 Å². The van der Waals surface area contributed by atoms with Gasteiger partial charge in [0.15, 0.2) is 0 Å². The number of rotatable bonds is 4. The lowest BCUT2D eigenvalue weighted by Gasteiger charge is -2.35. The second-order valence-electron chi connectivity index (χ2n) is 4.62. The van der Waals surface area contributed by atoms with Crippen LogP contribution in [0.1, 0.15) is 18.9 Å². The van der Waals surface area contributed by atoms with E-state index in [1.165, 1.54) is 6.07 Å². The number of ether oxygens (including phenoxy) is 1. The molecular weight excluding hydrogens is 231 g/mol. The Balaban J connectivity index is 2.23. The molecule has 1 aliphatic heterocycles. The number of nitrogens with two attached hydrogens (primary N) is 1. The van der Waals surface area contributed by atoms with Gasteiger partial charge in [-0.3, -0.25) is 0 Å². The molecule has 1 fully saturated rings. The van der Waals surface area contributed by atoms with Crippen molar-refractivity contribution in [2.24, 2.45) is 5.73 Å². The lowest BCUT2D eigenvalue weighted by atomic mass is 10.1. The third kappa shape index (κ3) is 2.82. The van der Waals surface area contributed by atoms with Crippen molar-refractivity contribution >= 4 is 5.69 Å². The number of benzene rings is 1. The second-order valence-corrected chi connectivity index (χ2v) is 4.62. The zero-order valence-corrected chi connectivity index (χ0v) is 10.9. The first-order valence-corrected chi connectivity index (χ1v) is 6.60. The van der Waals surface area contributed by atoms with Crippen molar-refractivity contribution in [1.82, 2.24) is 0 Å². The summed E-state index contributed by atoms with van der Waals surface area (Å²) in [6.07, 6.45) is 1.81. The largest absolute Gasteiger partial charge is 0.375 e. The van der Waals surface area contributed by atoms with Crippen molar-refractivity contribution in [2.75, 3.05) is 31.1 Å². The Kier molecular flexibility index (Phi) is 4.55. The highest BCUT2D eigenvalue weighted by Gasteiger charge is 2.21. The number of nitrogens with zero attached hydrogens (tertiary/aromatic N) is 1. The van der Waals surface area contributed by atoms with E-state index < -0.39 is 0 Å². The molecule has 4 heteroatoms.